The van der Waals surface area contributed by atoms with E-state index in [1.807, 2.05) is 53.2 Å². The van der Waals surface area contributed by atoms with E-state index in [9.17, 15) is 4.79 Å². The maximum absolute atomic E-state index is 12.2. The van der Waals surface area contributed by atoms with E-state index in [1.54, 1.807) is 25.4 Å². The highest BCUT2D eigenvalue weighted by molar-refractivity contribution is 5.94. The summed E-state index contributed by atoms with van der Waals surface area (Å²) in [7, 11) is 3.04. The normalized spacial score (nSPS) is 10.5. The van der Waals surface area contributed by atoms with Crippen LogP contribution in [0.3, 0.4) is 0 Å². The molecule has 116 valence electrons. The third-order valence-electron chi connectivity index (χ3n) is 3.61. The van der Waals surface area contributed by atoms with Gasteiger partial charge in [-0.1, -0.05) is 36.4 Å². The second-order valence-electron chi connectivity index (χ2n) is 5.03. The molecule has 0 atom stereocenters. The maximum Gasteiger partial charge on any atom is 0.277 e. The molecule has 2 aromatic carbocycles. The number of carbonyl (C=O) groups excluding carboxylic acids is 1. The van der Waals surface area contributed by atoms with E-state index in [-0.39, 0.29) is 5.91 Å². The third kappa shape index (κ3) is 3.00. The van der Waals surface area contributed by atoms with Gasteiger partial charge in [0.1, 0.15) is 0 Å². The summed E-state index contributed by atoms with van der Waals surface area (Å²) in [6.45, 7) is 0. The molecule has 3 rings (SSSR count). The molecular weight excluding hydrogens is 290 g/mol. The number of hydroxylamine groups is 2. The lowest BCUT2D eigenvalue weighted by molar-refractivity contribution is -0.0756. The lowest BCUT2D eigenvalue weighted by Crippen LogP contribution is -2.25. The number of hydrogen-bond donors (Lipinski definition) is 0. The molecule has 0 saturated carbocycles. The largest absolute Gasteiger partial charge is 0.277 e. The van der Waals surface area contributed by atoms with Gasteiger partial charge in [-0.3, -0.25) is 9.63 Å². The van der Waals surface area contributed by atoms with Crippen LogP contribution in [0.25, 0.3) is 16.9 Å². The molecule has 0 aliphatic rings. The summed E-state index contributed by atoms with van der Waals surface area (Å²) in [6.07, 6.45) is 1.75. The van der Waals surface area contributed by atoms with Crippen molar-refractivity contribution in [3.63, 3.8) is 0 Å². The highest BCUT2D eigenvalue weighted by Crippen LogP contribution is 2.22. The fourth-order valence-corrected chi connectivity index (χ4v) is 2.37. The molecule has 0 N–H and O–H groups in total. The molecule has 0 radical (unpaired) electrons. The topological polar surface area (TPSA) is 47.4 Å². The Balaban J connectivity index is 2.01. The van der Waals surface area contributed by atoms with Crippen molar-refractivity contribution in [2.45, 2.75) is 0 Å². The average molecular weight is 307 g/mol. The van der Waals surface area contributed by atoms with Crippen molar-refractivity contribution < 1.29 is 9.63 Å². The van der Waals surface area contributed by atoms with Gasteiger partial charge < -0.3 is 0 Å². The van der Waals surface area contributed by atoms with E-state index in [0.717, 1.165) is 16.9 Å². The Morgan fingerprint density at radius 2 is 1.87 bits per heavy atom. The number of carbonyl (C=O) groups is 1. The Morgan fingerprint density at radius 3 is 2.61 bits per heavy atom. The third-order valence-corrected chi connectivity index (χ3v) is 3.61. The zero-order valence-electron chi connectivity index (χ0n) is 13.0. The summed E-state index contributed by atoms with van der Waals surface area (Å²) >= 11 is 0. The zero-order chi connectivity index (χ0) is 16.2. The van der Waals surface area contributed by atoms with E-state index in [2.05, 4.69) is 5.10 Å². The van der Waals surface area contributed by atoms with Crippen LogP contribution < -0.4 is 0 Å². The number of benzene rings is 2. The lowest BCUT2D eigenvalue weighted by Gasteiger charge is -2.14. The molecule has 0 aliphatic carbocycles. The summed E-state index contributed by atoms with van der Waals surface area (Å²) in [6, 6.07) is 19.3. The molecule has 3 aromatic rings. The quantitative estimate of drug-likeness (QED) is 0.696. The smallest absolute Gasteiger partial charge is 0.274 e. The van der Waals surface area contributed by atoms with Gasteiger partial charge in [0.25, 0.3) is 5.91 Å². The van der Waals surface area contributed by atoms with Gasteiger partial charge in [0.05, 0.1) is 24.7 Å². The van der Waals surface area contributed by atoms with E-state index in [1.165, 1.54) is 12.2 Å². The monoisotopic (exact) mass is 307 g/mol. The lowest BCUT2D eigenvalue weighted by atomic mass is 10.1. The highest BCUT2D eigenvalue weighted by Gasteiger charge is 2.13. The molecule has 0 spiro atoms. The number of amides is 1. The van der Waals surface area contributed by atoms with Crippen molar-refractivity contribution in [2.24, 2.45) is 0 Å². The Labute approximate surface area is 134 Å². The zero-order valence-corrected chi connectivity index (χ0v) is 13.0. The SMILES string of the molecule is CON(C)C(=O)c1cccc(-n2nccc2-c2ccccc2)c1. The molecule has 0 unspecified atom stereocenters. The molecule has 1 heterocycles. The molecule has 5 nitrogen and oxygen atoms in total. The molecule has 23 heavy (non-hydrogen) atoms. The van der Waals surface area contributed by atoms with Crippen molar-refractivity contribution in [1.82, 2.24) is 14.8 Å². The fourth-order valence-electron chi connectivity index (χ4n) is 2.37. The van der Waals surface area contributed by atoms with Gasteiger partial charge in [0, 0.05) is 18.2 Å². The van der Waals surface area contributed by atoms with E-state index in [0.29, 0.717) is 5.56 Å². The van der Waals surface area contributed by atoms with Crippen LogP contribution in [0.5, 0.6) is 0 Å². The van der Waals surface area contributed by atoms with Crippen LogP contribution in [0.2, 0.25) is 0 Å². The van der Waals surface area contributed by atoms with Gasteiger partial charge in [0.15, 0.2) is 0 Å². The van der Waals surface area contributed by atoms with Gasteiger partial charge in [-0.05, 0) is 24.3 Å². The minimum absolute atomic E-state index is 0.206. The molecule has 0 bridgehead atoms. The summed E-state index contributed by atoms with van der Waals surface area (Å²) in [5, 5.41) is 5.58. The predicted molar refractivity (Wildman–Crippen MR) is 88.1 cm³/mol. The van der Waals surface area contributed by atoms with E-state index in [4.69, 9.17) is 4.84 Å². The second-order valence-corrected chi connectivity index (χ2v) is 5.03. The Hall–Kier alpha value is -2.92. The maximum atomic E-state index is 12.2. The van der Waals surface area contributed by atoms with Crippen LogP contribution in [0.15, 0.2) is 66.9 Å². The molecule has 0 saturated heterocycles. The van der Waals surface area contributed by atoms with Crippen molar-refractivity contribution in [3.8, 4) is 16.9 Å². The number of rotatable bonds is 4. The predicted octanol–water partition coefficient (Wildman–Crippen LogP) is 3.17. The Kier molecular flexibility index (Phi) is 4.21. The van der Waals surface area contributed by atoms with Crippen LogP contribution in [0.4, 0.5) is 0 Å². The molecule has 0 aliphatic heterocycles. The first kappa shape index (κ1) is 15.0. The van der Waals surface area contributed by atoms with E-state index < -0.39 is 0 Å². The second kappa shape index (κ2) is 6.46. The highest BCUT2D eigenvalue weighted by atomic mass is 16.7. The van der Waals surface area contributed by atoms with E-state index >= 15 is 0 Å². The number of nitrogens with zero attached hydrogens (tertiary/aromatic N) is 3. The van der Waals surface area contributed by atoms with Crippen LogP contribution in [-0.2, 0) is 4.84 Å². The minimum Gasteiger partial charge on any atom is -0.274 e. The van der Waals surface area contributed by atoms with Gasteiger partial charge in [0.2, 0.25) is 0 Å². The first-order valence-electron chi connectivity index (χ1n) is 7.23. The first-order chi connectivity index (χ1) is 11.2. The van der Waals surface area contributed by atoms with Gasteiger partial charge in [-0.2, -0.15) is 5.10 Å². The van der Waals surface area contributed by atoms with Crippen LogP contribution >= 0.6 is 0 Å². The van der Waals surface area contributed by atoms with Crippen molar-refractivity contribution in [1.29, 1.82) is 0 Å². The van der Waals surface area contributed by atoms with Gasteiger partial charge in [-0.15, -0.1) is 0 Å². The van der Waals surface area contributed by atoms with Crippen LogP contribution in [0, 0.1) is 0 Å². The summed E-state index contributed by atoms with van der Waals surface area (Å²) < 4.78 is 1.82. The minimum atomic E-state index is -0.206. The van der Waals surface area contributed by atoms with Crippen molar-refractivity contribution >= 4 is 5.91 Å². The van der Waals surface area contributed by atoms with Gasteiger partial charge >= 0.3 is 0 Å². The Morgan fingerprint density at radius 1 is 1.09 bits per heavy atom. The van der Waals surface area contributed by atoms with Crippen LogP contribution in [-0.4, -0.2) is 34.9 Å². The standard InChI is InChI=1S/C18H17N3O2/c1-20(23-2)18(22)15-9-6-10-16(13-15)21-17(11-12-19-21)14-7-4-3-5-8-14/h3-13H,1-2H3. The number of hydrogen-bond acceptors (Lipinski definition) is 3. The van der Waals surface area contributed by atoms with Gasteiger partial charge in [-0.25, -0.2) is 9.75 Å². The summed E-state index contributed by atoms with van der Waals surface area (Å²) in [5.41, 5.74) is 3.40. The molecule has 5 heteroatoms. The Bertz CT molecular complexity index is 812. The molecular formula is C18H17N3O2. The summed E-state index contributed by atoms with van der Waals surface area (Å²) in [4.78, 5) is 17.2. The average Bonchev–Trinajstić information content (AvgIpc) is 3.11. The number of aromatic nitrogens is 2. The molecule has 1 aromatic heterocycles. The van der Waals surface area contributed by atoms with Crippen molar-refractivity contribution in [2.75, 3.05) is 14.2 Å². The van der Waals surface area contributed by atoms with Crippen LogP contribution in [0.1, 0.15) is 10.4 Å². The fraction of sp³-hybridized carbons (Fsp3) is 0.111. The first-order valence-corrected chi connectivity index (χ1v) is 7.23. The summed E-state index contributed by atoms with van der Waals surface area (Å²) in [5.74, 6) is -0.206. The molecule has 0 fully saturated rings. The van der Waals surface area contributed by atoms with Crippen molar-refractivity contribution in [3.05, 3.63) is 72.4 Å². The molecule has 1 amide bonds.